The van der Waals surface area contributed by atoms with Gasteiger partial charge >= 0.3 is 0 Å². The van der Waals surface area contributed by atoms with Gasteiger partial charge in [0.1, 0.15) is 0 Å². The van der Waals surface area contributed by atoms with Crippen LogP contribution >= 0.6 is 27.3 Å². The van der Waals surface area contributed by atoms with E-state index in [1.807, 2.05) is 30.5 Å². The van der Waals surface area contributed by atoms with E-state index in [-0.39, 0.29) is 5.91 Å². The molecule has 1 atom stereocenters. The number of carbonyl (C=O) groups excluding carboxylic acids is 1. The molecule has 128 valence electrons. The van der Waals surface area contributed by atoms with Crippen LogP contribution in [0.2, 0.25) is 0 Å². The van der Waals surface area contributed by atoms with E-state index in [0.717, 1.165) is 34.1 Å². The molecule has 0 bridgehead atoms. The van der Waals surface area contributed by atoms with Gasteiger partial charge in [-0.2, -0.15) is 0 Å². The van der Waals surface area contributed by atoms with Crippen molar-refractivity contribution in [3.63, 3.8) is 0 Å². The molecule has 0 radical (unpaired) electrons. The summed E-state index contributed by atoms with van der Waals surface area (Å²) < 4.78 is 1.03. The third-order valence-corrected chi connectivity index (χ3v) is 6.61. The summed E-state index contributed by atoms with van der Waals surface area (Å²) in [5, 5.41) is 5.12. The molecule has 1 aliphatic rings. The second kappa shape index (κ2) is 6.64. The number of hydrogen-bond acceptors (Lipinski definition) is 2. The Morgan fingerprint density at radius 2 is 2.08 bits per heavy atom. The van der Waals surface area contributed by atoms with Gasteiger partial charge < -0.3 is 5.32 Å². The average Bonchev–Trinajstić information content (AvgIpc) is 2.92. The van der Waals surface area contributed by atoms with Crippen LogP contribution in [0.5, 0.6) is 0 Å². The minimum absolute atomic E-state index is 0.0205. The number of fused-ring (bicyclic) bond motifs is 1. The number of benzene rings is 1. The van der Waals surface area contributed by atoms with Gasteiger partial charge in [-0.25, -0.2) is 0 Å². The number of rotatable bonds is 2. The van der Waals surface area contributed by atoms with Crippen LogP contribution in [0.3, 0.4) is 0 Å². The van der Waals surface area contributed by atoms with Gasteiger partial charge in [0.25, 0.3) is 5.91 Å². The minimum Gasteiger partial charge on any atom is -0.322 e. The number of hydrogen-bond donors (Lipinski definition) is 1. The minimum atomic E-state index is 0.0205. The largest absolute Gasteiger partial charge is 0.322 e. The zero-order valence-electron chi connectivity index (χ0n) is 14.7. The van der Waals surface area contributed by atoms with Crippen molar-refractivity contribution in [1.82, 2.24) is 0 Å². The Balaban J connectivity index is 1.79. The van der Waals surface area contributed by atoms with Gasteiger partial charge in [0.15, 0.2) is 0 Å². The molecule has 3 rings (SSSR count). The smallest absolute Gasteiger partial charge is 0.256 e. The summed E-state index contributed by atoms with van der Waals surface area (Å²) in [7, 11) is 0. The van der Waals surface area contributed by atoms with Gasteiger partial charge in [-0.05, 0) is 66.8 Å². The van der Waals surface area contributed by atoms with Crippen LogP contribution in [-0.2, 0) is 12.8 Å². The van der Waals surface area contributed by atoms with Gasteiger partial charge in [-0.15, -0.1) is 11.3 Å². The molecule has 0 saturated heterocycles. The monoisotopic (exact) mass is 405 g/mol. The molecule has 0 spiro atoms. The number of halogens is 1. The fourth-order valence-corrected chi connectivity index (χ4v) is 5.04. The van der Waals surface area contributed by atoms with Crippen molar-refractivity contribution in [2.75, 3.05) is 5.32 Å². The first-order valence-corrected chi connectivity index (χ1v) is 10.1. The van der Waals surface area contributed by atoms with E-state index in [2.05, 4.69) is 42.0 Å². The van der Waals surface area contributed by atoms with Crippen molar-refractivity contribution >= 4 is 38.9 Å². The summed E-state index contributed by atoms with van der Waals surface area (Å²) in [4.78, 5) is 14.1. The van der Waals surface area contributed by atoms with Crippen molar-refractivity contribution < 1.29 is 4.79 Å². The van der Waals surface area contributed by atoms with Gasteiger partial charge in [0.05, 0.1) is 5.56 Å². The van der Waals surface area contributed by atoms with E-state index >= 15 is 0 Å². The Labute approximate surface area is 156 Å². The van der Waals surface area contributed by atoms with Crippen molar-refractivity contribution in [3.8, 4) is 0 Å². The average molecular weight is 406 g/mol. The van der Waals surface area contributed by atoms with Crippen LogP contribution in [0.25, 0.3) is 0 Å². The molecule has 0 fully saturated rings. The predicted molar refractivity (Wildman–Crippen MR) is 106 cm³/mol. The number of nitrogens with one attached hydrogen (secondary N) is 1. The molecule has 0 saturated carbocycles. The summed E-state index contributed by atoms with van der Waals surface area (Å²) in [6, 6.07) is 5.93. The first-order valence-electron chi connectivity index (χ1n) is 8.42. The molecular formula is C20H24BrNOS. The van der Waals surface area contributed by atoms with Crippen LogP contribution < -0.4 is 5.32 Å². The molecule has 1 aromatic heterocycles. The lowest BCUT2D eigenvalue weighted by atomic mass is 9.72. The van der Waals surface area contributed by atoms with Gasteiger partial charge in [0.2, 0.25) is 0 Å². The molecular weight excluding hydrogens is 382 g/mol. The van der Waals surface area contributed by atoms with E-state index in [4.69, 9.17) is 0 Å². The quantitative estimate of drug-likeness (QED) is 0.630. The van der Waals surface area contributed by atoms with Crippen LogP contribution in [-0.4, -0.2) is 5.91 Å². The first kappa shape index (κ1) is 17.7. The summed E-state index contributed by atoms with van der Waals surface area (Å²) in [5.41, 5.74) is 4.41. The van der Waals surface area contributed by atoms with E-state index in [1.165, 1.54) is 16.9 Å². The number of aryl methyl sites for hydroxylation is 1. The molecule has 1 unspecified atom stereocenters. The highest BCUT2D eigenvalue weighted by Gasteiger charge is 2.31. The van der Waals surface area contributed by atoms with Crippen molar-refractivity contribution in [2.45, 2.75) is 47.0 Å². The number of thiophene rings is 1. The lowest BCUT2D eigenvalue weighted by Gasteiger charge is -2.34. The normalized spacial score (nSPS) is 17.5. The van der Waals surface area contributed by atoms with Gasteiger partial charge in [0, 0.05) is 20.4 Å². The molecule has 1 N–H and O–H groups in total. The summed E-state index contributed by atoms with van der Waals surface area (Å²) in [5.74, 6) is 0.723. The Morgan fingerprint density at radius 1 is 1.33 bits per heavy atom. The Bertz CT molecular complexity index is 772. The highest BCUT2D eigenvalue weighted by Crippen LogP contribution is 2.40. The zero-order valence-corrected chi connectivity index (χ0v) is 17.1. The van der Waals surface area contributed by atoms with Crippen LogP contribution in [0, 0.1) is 18.3 Å². The van der Waals surface area contributed by atoms with Crippen LogP contribution in [0.4, 0.5) is 5.69 Å². The maximum absolute atomic E-state index is 12.7. The standard InChI is InChI=1S/C20H24BrNOS/c1-12-9-14(21)6-8-17(12)22-19(23)16-11-24-18-10-13(20(2,3)4)5-7-15(16)18/h6,8-9,11,13H,5,7,10H2,1-4H3,(H,22,23). The lowest BCUT2D eigenvalue weighted by molar-refractivity contribution is 0.102. The van der Waals surface area contributed by atoms with Crippen molar-refractivity contribution in [3.05, 3.63) is 49.6 Å². The molecule has 24 heavy (non-hydrogen) atoms. The topological polar surface area (TPSA) is 29.1 Å². The second-order valence-corrected chi connectivity index (χ2v) is 9.65. The SMILES string of the molecule is Cc1cc(Br)ccc1NC(=O)c1csc2c1CCC(C(C)(C)C)C2. The van der Waals surface area contributed by atoms with Crippen LogP contribution in [0.1, 0.15) is 53.6 Å². The first-order chi connectivity index (χ1) is 11.3. The van der Waals surface area contributed by atoms with Crippen LogP contribution in [0.15, 0.2) is 28.1 Å². The Kier molecular flexibility index (Phi) is 4.89. The Hall–Kier alpha value is -1.13. The summed E-state index contributed by atoms with van der Waals surface area (Å²) >= 11 is 5.21. The van der Waals surface area contributed by atoms with Crippen molar-refractivity contribution in [1.29, 1.82) is 0 Å². The highest BCUT2D eigenvalue weighted by atomic mass is 79.9. The molecule has 1 aromatic carbocycles. The molecule has 0 aliphatic heterocycles. The summed E-state index contributed by atoms with van der Waals surface area (Å²) in [6.45, 7) is 8.97. The van der Waals surface area contributed by atoms with Gasteiger partial charge in [-0.3, -0.25) is 4.79 Å². The Morgan fingerprint density at radius 3 is 2.75 bits per heavy atom. The van der Waals surface area contributed by atoms with E-state index in [0.29, 0.717) is 11.3 Å². The fourth-order valence-electron chi connectivity index (χ4n) is 3.40. The number of amides is 1. The molecule has 2 nitrogen and oxygen atoms in total. The van der Waals surface area contributed by atoms with Crippen molar-refractivity contribution in [2.24, 2.45) is 11.3 Å². The zero-order chi connectivity index (χ0) is 17.5. The lowest BCUT2D eigenvalue weighted by Crippen LogP contribution is -2.27. The highest BCUT2D eigenvalue weighted by molar-refractivity contribution is 9.10. The molecule has 1 amide bonds. The fraction of sp³-hybridized carbons (Fsp3) is 0.450. The number of anilines is 1. The third kappa shape index (κ3) is 3.60. The number of carbonyl (C=O) groups is 1. The second-order valence-electron chi connectivity index (χ2n) is 7.77. The molecule has 1 heterocycles. The van der Waals surface area contributed by atoms with E-state index in [1.54, 1.807) is 11.3 Å². The molecule has 2 aromatic rings. The predicted octanol–water partition coefficient (Wildman–Crippen LogP) is 6.22. The van der Waals surface area contributed by atoms with E-state index in [9.17, 15) is 4.79 Å². The molecule has 4 heteroatoms. The third-order valence-electron chi connectivity index (χ3n) is 5.06. The summed E-state index contributed by atoms with van der Waals surface area (Å²) in [6.07, 6.45) is 3.29. The van der Waals surface area contributed by atoms with E-state index < -0.39 is 0 Å². The maximum Gasteiger partial charge on any atom is 0.256 e. The maximum atomic E-state index is 12.7. The molecule has 1 aliphatic carbocycles. The van der Waals surface area contributed by atoms with Gasteiger partial charge in [-0.1, -0.05) is 36.7 Å².